The standard InChI is InChI=1S/C17H19N5O2/c1-4-6-7-8-13(5-2)16(23)21-12(3)14-15(19-10-9-18-14)17-22-20-11-24-17/h4-12H,1-3H3,(H,21,23)/b6-4-,8-7-,13-5+. The number of hydrogen-bond donors (Lipinski definition) is 1. The van der Waals surface area contributed by atoms with Crippen LogP contribution < -0.4 is 5.32 Å². The first-order chi connectivity index (χ1) is 11.7. The summed E-state index contributed by atoms with van der Waals surface area (Å²) in [6, 6.07) is -0.377. The minimum Gasteiger partial charge on any atom is -0.422 e. The van der Waals surface area contributed by atoms with Crippen molar-refractivity contribution in [3.63, 3.8) is 0 Å². The van der Waals surface area contributed by atoms with E-state index in [1.54, 1.807) is 18.3 Å². The number of nitrogens with zero attached hydrogens (tertiary/aromatic N) is 4. The van der Waals surface area contributed by atoms with E-state index in [-0.39, 0.29) is 17.8 Å². The number of allylic oxidation sites excluding steroid dienone is 4. The van der Waals surface area contributed by atoms with Crippen molar-refractivity contribution >= 4 is 5.91 Å². The van der Waals surface area contributed by atoms with Gasteiger partial charge in [-0.3, -0.25) is 9.78 Å². The summed E-state index contributed by atoms with van der Waals surface area (Å²) in [5.41, 5.74) is 1.57. The molecule has 7 heteroatoms. The Kier molecular flexibility index (Phi) is 6.13. The van der Waals surface area contributed by atoms with Gasteiger partial charge in [-0.15, -0.1) is 10.2 Å². The lowest BCUT2D eigenvalue weighted by Gasteiger charge is -2.15. The lowest BCUT2D eigenvalue weighted by molar-refractivity contribution is -0.117. The highest BCUT2D eigenvalue weighted by Gasteiger charge is 2.20. The first-order valence-electron chi connectivity index (χ1n) is 7.51. The Labute approximate surface area is 140 Å². The fourth-order valence-electron chi connectivity index (χ4n) is 2.03. The highest BCUT2D eigenvalue weighted by atomic mass is 16.4. The van der Waals surface area contributed by atoms with Gasteiger partial charge in [0.05, 0.1) is 11.7 Å². The van der Waals surface area contributed by atoms with Crippen molar-refractivity contribution in [2.24, 2.45) is 0 Å². The molecule has 0 saturated carbocycles. The summed E-state index contributed by atoms with van der Waals surface area (Å²) >= 11 is 0. The van der Waals surface area contributed by atoms with E-state index in [1.165, 1.54) is 12.6 Å². The lowest BCUT2D eigenvalue weighted by Crippen LogP contribution is -2.28. The molecule has 1 atom stereocenters. The molecular formula is C17H19N5O2. The van der Waals surface area contributed by atoms with E-state index in [0.717, 1.165) is 0 Å². The summed E-state index contributed by atoms with van der Waals surface area (Å²) in [5.74, 6) is 0.0614. The fourth-order valence-corrected chi connectivity index (χ4v) is 2.03. The van der Waals surface area contributed by atoms with Crippen LogP contribution in [0.1, 0.15) is 32.5 Å². The minimum absolute atomic E-state index is 0.201. The highest BCUT2D eigenvalue weighted by molar-refractivity contribution is 5.96. The third-order valence-electron chi connectivity index (χ3n) is 3.20. The predicted molar refractivity (Wildman–Crippen MR) is 89.6 cm³/mol. The largest absolute Gasteiger partial charge is 0.422 e. The molecule has 0 bridgehead atoms. The van der Waals surface area contributed by atoms with Crippen molar-refractivity contribution < 1.29 is 9.21 Å². The van der Waals surface area contributed by atoms with Gasteiger partial charge in [0.15, 0.2) is 5.69 Å². The third kappa shape index (κ3) is 4.22. The van der Waals surface area contributed by atoms with E-state index in [0.29, 0.717) is 17.0 Å². The molecule has 0 aliphatic rings. The summed E-state index contributed by atoms with van der Waals surface area (Å²) in [6.45, 7) is 5.55. The number of hydrogen-bond acceptors (Lipinski definition) is 6. The first-order valence-corrected chi connectivity index (χ1v) is 7.51. The number of carbonyl (C=O) groups is 1. The summed E-state index contributed by atoms with van der Waals surface area (Å²) in [7, 11) is 0. The van der Waals surface area contributed by atoms with Gasteiger partial charge in [0.1, 0.15) is 0 Å². The van der Waals surface area contributed by atoms with E-state index in [2.05, 4.69) is 25.5 Å². The molecule has 1 amide bonds. The maximum atomic E-state index is 12.4. The summed E-state index contributed by atoms with van der Waals surface area (Å²) < 4.78 is 5.18. The summed E-state index contributed by atoms with van der Waals surface area (Å²) in [5, 5.41) is 10.4. The summed E-state index contributed by atoms with van der Waals surface area (Å²) in [4.78, 5) is 20.9. The number of aromatic nitrogens is 4. The van der Waals surface area contributed by atoms with Crippen LogP contribution in [0.4, 0.5) is 0 Å². The van der Waals surface area contributed by atoms with E-state index in [9.17, 15) is 4.79 Å². The van der Waals surface area contributed by atoms with Crippen LogP contribution in [0.3, 0.4) is 0 Å². The molecule has 2 heterocycles. The zero-order valence-corrected chi connectivity index (χ0v) is 13.8. The van der Waals surface area contributed by atoms with Gasteiger partial charge in [-0.1, -0.05) is 24.3 Å². The highest BCUT2D eigenvalue weighted by Crippen LogP contribution is 2.22. The van der Waals surface area contributed by atoms with Crippen molar-refractivity contribution in [1.29, 1.82) is 0 Å². The molecule has 0 fully saturated rings. The van der Waals surface area contributed by atoms with Crippen LogP contribution in [-0.4, -0.2) is 26.1 Å². The van der Waals surface area contributed by atoms with Gasteiger partial charge in [-0.05, 0) is 26.8 Å². The van der Waals surface area contributed by atoms with Crippen LogP contribution in [0, 0.1) is 0 Å². The number of carbonyl (C=O) groups excluding carboxylic acids is 1. The monoisotopic (exact) mass is 325 g/mol. The second-order valence-corrected chi connectivity index (χ2v) is 4.86. The van der Waals surface area contributed by atoms with Gasteiger partial charge in [0.2, 0.25) is 6.39 Å². The maximum Gasteiger partial charge on any atom is 0.268 e. The van der Waals surface area contributed by atoms with E-state index < -0.39 is 0 Å². The number of nitrogens with one attached hydrogen (secondary N) is 1. The van der Waals surface area contributed by atoms with Crippen LogP contribution >= 0.6 is 0 Å². The Balaban J connectivity index is 2.18. The molecule has 0 aromatic carbocycles. The smallest absolute Gasteiger partial charge is 0.268 e. The van der Waals surface area contributed by atoms with Crippen LogP contribution in [0.15, 0.2) is 59.2 Å². The number of amides is 1. The van der Waals surface area contributed by atoms with Gasteiger partial charge >= 0.3 is 0 Å². The fraction of sp³-hybridized carbons (Fsp3) is 0.235. The van der Waals surface area contributed by atoms with Gasteiger partial charge < -0.3 is 9.73 Å². The van der Waals surface area contributed by atoms with Gasteiger partial charge in [0, 0.05) is 18.0 Å². The molecule has 2 aromatic heterocycles. The molecular weight excluding hydrogens is 306 g/mol. The maximum absolute atomic E-state index is 12.4. The molecule has 0 saturated heterocycles. The first kappa shape index (κ1) is 17.3. The Morgan fingerprint density at radius 2 is 2.04 bits per heavy atom. The molecule has 24 heavy (non-hydrogen) atoms. The quantitative estimate of drug-likeness (QED) is 0.648. The Morgan fingerprint density at radius 3 is 2.71 bits per heavy atom. The second-order valence-electron chi connectivity index (χ2n) is 4.86. The zero-order valence-electron chi connectivity index (χ0n) is 13.8. The van der Waals surface area contributed by atoms with Gasteiger partial charge in [0.25, 0.3) is 11.8 Å². The molecule has 2 aromatic rings. The van der Waals surface area contributed by atoms with E-state index >= 15 is 0 Å². The van der Waals surface area contributed by atoms with E-state index in [1.807, 2.05) is 39.0 Å². The van der Waals surface area contributed by atoms with Crippen molar-refractivity contribution in [3.8, 4) is 11.6 Å². The SMILES string of the molecule is C\C=C/C=C\C(=C/C)C(=O)NC(C)c1nccnc1-c1nnco1. The van der Waals surface area contributed by atoms with Crippen molar-refractivity contribution in [1.82, 2.24) is 25.5 Å². The van der Waals surface area contributed by atoms with Crippen LogP contribution in [0.5, 0.6) is 0 Å². The van der Waals surface area contributed by atoms with Crippen molar-refractivity contribution in [3.05, 3.63) is 60.4 Å². The Hall–Kier alpha value is -3.09. The van der Waals surface area contributed by atoms with Crippen LogP contribution in [0.2, 0.25) is 0 Å². The third-order valence-corrected chi connectivity index (χ3v) is 3.20. The van der Waals surface area contributed by atoms with Crippen molar-refractivity contribution in [2.45, 2.75) is 26.8 Å². The van der Waals surface area contributed by atoms with Gasteiger partial charge in [-0.25, -0.2) is 4.98 Å². The molecule has 2 rings (SSSR count). The molecule has 124 valence electrons. The normalized spacial score (nSPS) is 13.5. The molecule has 0 radical (unpaired) electrons. The molecule has 0 spiro atoms. The Morgan fingerprint density at radius 1 is 1.25 bits per heavy atom. The molecule has 1 N–H and O–H groups in total. The predicted octanol–water partition coefficient (Wildman–Crippen LogP) is 2.78. The van der Waals surface area contributed by atoms with Crippen LogP contribution in [-0.2, 0) is 4.79 Å². The Bertz CT molecular complexity index is 763. The zero-order chi connectivity index (χ0) is 17.4. The van der Waals surface area contributed by atoms with Crippen molar-refractivity contribution in [2.75, 3.05) is 0 Å². The second kappa shape index (κ2) is 8.52. The summed E-state index contributed by atoms with van der Waals surface area (Å²) in [6.07, 6.45) is 13.4. The number of rotatable bonds is 6. The molecule has 0 aliphatic carbocycles. The van der Waals surface area contributed by atoms with Crippen LogP contribution in [0.25, 0.3) is 11.6 Å². The average molecular weight is 325 g/mol. The molecule has 7 nitrogen and oxygen atoms in total. The minimum atomic E-state index is -0.377. The average Bonchev–Trinajstić information content (AvgIpc) is 3.13. The van der Waals surface area contributed by atoms with E-state index in [4.69, 9.17) is 4.42 Å². The molecule has 0 aliphatic heterocycles. The van der Waals surface area contributed by atoms with Gasteiger partial charge in [-0.2, -0.15) is 0 Å². The topological polar surface area (TPSA) is 93.8 Å². The molecule has 1 unspecified atom stereocenters. The lowest BCUT2D eigenvalue weighted by atomic mass is 10.1.